The molecule has 5 heteroatoms. The summed E-state index contributed by atoms with van der Waals surface area (Å²) in [5.41, 5.74) is 4.50. The van der Waals surface area contributed by atoms with Crippen LogP contribution in [0.1, 0.15) is 19.8 Å². The van der Waals surface area contributed by atoms with Gasteiger partial charge in [0.05, 0.1) is 12.2 Å². The van der Waals surface area contributed by atoms with Crippen LogP contribution in [0.3, 0.4) is 0 Å². The molecule has 1 fully saturated rings. The quantitative estimate of drug-likeness (QED) is 0.611. The van der Waals surface area contributed by atoms with E-state index in [4.69, 9.17) is 10.5 Å². The van der Waals surface area contributed by atoms with E-state index in [1.54, 1.807) is 11.8 Å². The lowest BCUT2D eigenvalue weighted by molar-refractivity contribution is -0.142. The largest absolute Gasteiger partial charge is 0.388 e. The molecule has 0 aromatic rings. The van der Waals surface area contributed by atoms with E-state index in [1.165, 1.54) is 0 Å². The second-order valence-corrected chi connectivity index (χ2v) is 4.26. The smallest absolute Gasteiger partial charge is 0.248 e. The highest BCUT2D eigenvalue weighted by Crippen LogP contribution is 2.20. The maximum atomic E-state index is 11.6. The molecule has 5 nitrogen and oxygen atoms in total. The first kappa shape index (κ1) is 12.4. The lowest BCUT2D eigenvalue weighted by Gasteiger charge is -2.36. The summed E-state index contributed by atoms with van der Waals surface area (Å²) in [7, 11) is 0. The van der Waals surface area contributed by atoms with Crippen LogP contribution >= 0.6 is 0 Å². The Morgan fingerprint density at radius 1 is 1.67 bits per heavy atom. The van der Waals surface area contributed by atoms with E-state index in [1.807, 2.05) is 0 Å². The van der Waals surface area contributed by atoms with Gasteiger partial charge in [-0.15, -0.1) is 0 Å². The Balaban J connectivity index is 2.32. The third kappa shape index (κ3) is 4.15. The third-order valence-corrected chi connectivity index (χ3v) is 2.52. The van der Waals surface area contributed by atoms with Crippen LogP contribution in [-0.4, -0.2) is 54.4 Å². The van der Waals surface area contributed by atoms with Crippen molar-refractivity contribution in [3.63, 3.8) is 0 Å². The predicted octanol–water partition coefficient (Wildman–Crippen LogP) is -0.665. The van der Waals surface area contributed by atoms with E-state index in [9.17, 15) is 9.90 Å². The maximum absolute atomic E-state index is 11.6. The van der Waals surface area contributed by atoms with Crippen LogP contribution in [0.2, 0.25) is 0 Å². The number of β-amino-alcohol motifs (C(OH)–C–C–N with tert-alkyl or cyclic N) is 1. The Hall–Kier alpha value is -0.650. The van der Waals surface area contributed by atoms with Crippen molar-refractivity contribution in [3.8, 4) is 0 Å². The molecular formula is C10H20N2O3. The monoisotopic (exact) mass is 216 g/mol. The molecule has 0 bridgehead atoms. The fraction of sp³-hybridized carbons (Fsp3) is 0.900. The number of amides is 1. The lowest BCUT2D eigenvalue weighted by Crippen LogP contribution is -2.49. The number of likely N-dealkylation sites (tertiary alicyclic amines) is 1. The summed E-state index contributed by atoms with van der Waals surface area (Å²) in [6.07, 6.45) is 1.59. The van der Waals surface area contributed by atoms with Crippen LogP contribution in [0, 0.1) is 0 Å². The van der Waals surface area contributed by atoms with Crippen LogP contribution in [0.15, 0.2) is 0 Å². The van der Waals surface area contributed by atoms with Gasteiger partial charge in [0.2, 0.25) is 5.91 Å². The summed E-state index contributed by atoms with van der Waals surface area (Å²) in [4.78, 5) is 13.3. The summed E-state index contributed by atoms with van der Waals surface area (Å²) >= 11 is 0. The van der Waals surface area contributed by atoms with Crippen LogP contribution in [-0.2, 0) is 9.53 Å². The Bertz CT molecular complexity index is 219. The molecule has 1 unspecified atom stereocenters. The van der Waals surface area contributed by atoms with Crippen molar-refractivity contribution >= 4 is 5.91 Å². The van der Waals surface area contributed by atoms with Gasteiger partial charge in [0.15, 0.2) is 0 Å². The summed E-state index contributed by atoms with van der Waals surface area (Å²) in [5, 5.41) is 9.81. The number of ether oxygens (including phenoxy) is 1. The predicted molar refractivity (Wildman–Crippen MR) is 56.3 cm³/mol. The Morgan fingerprint density at radius 2 is 2.40 bits per heavy atom. The van der Waals surface area contributed by atoms with Gasteiger partial charge < -0.3 is 20.5 Å². The average molecular weight is 216 g/mol. The second-order valence-electron chi connectivity index (χ2n) is 4.26. The first-order chi connectivity index (χ1) is 7.05. The van der Waals surface area contributed by atoms with E-state index in [0.717, 1.165) is 12.8 Å². The molecule has 1 saturated heterocycles. The summed E-state index contributed by atoms with van der Waals surface area (Å²) in [5.74, 6) is -0.0663. The number of nitrogens with zero attached hydrogens (tertiary/aromatic N) is 1. The normalized spacial score (nSPS) is 26.7. The van der Waals surface area contributed by atoms with Crippen LogP contribution in [0.25, 0.3) is 0 Å². The molecule has 0 aromatic heterocycles. The molecule has 0 radical (unpaired) electrons. The molecule has 3 N–H and O–H groups in total. The van der Waals surface area contributed by atoms with E-state index in [0.29, 0.717) is 26.2 Å². The van der Waals surface area contributed by atoms with Gasteiger partial charge in [-0.25, -0.2) is 0 Å². The van der Waals surface area contributed by atoms with E-state index in [2.05, 4.69) is 0 Å². The summed E-state index contributed by atoms with van der Waals surface area (Å²) < 4.78 is 5.07. The maximum Gasteiger partial charge on any atom is 0.248 e. The zero-order valence-corrected chi connectivity index (χ0v) is 9.24. The highest BCUT2D eigenvalue weighted by atomic mass is 16.5. The highest BCUT2D eigenvalue weighted by molar-refractivity contribution is 5.77. The molecule has 0 aromatic carbocycles. The molecule has 0 aliphatic carbocycles. The van der Waals surface area contributed by atoms with Crippen LogP contribution < -0.4 is 5.73 Å². The molecule has 0 saturated carbocycles. The number of nitrogens with two attached hydrogens (primary N) is 1. The van der Waals surface area contributed by atoms with Gasteiger partial charge in [-0.3, -0.25) is 4.79 Å². The van der Waals surface area contributed by atoms with Gasteiger partial charge in [0.25, 0.3) is 0 Å². The van der Waals surface area contributed by atoms with Crippen LogP contribution in [0.5, 0.6) is 0 Å². The number of rotatable bonds is 4. The molecule has 15 heavy (non-hydrogen) atoms. The van der Waals surface area contributed by atoms with Crippen molar-refractivity contribution in [2.75, 3.05) is 32.8 Å². The standard InChI is InChI=1S/C10H20N2O3/c1-10(14)3-2-5-12(8-10)9(13)7-15-6-4-11/h14H,2-8,11H2,1H3. The molecule has 1 atom stereocenters. The summed E-state index contributed by atoms with van der Waals surface area (Å²) in [6, 6.07) is 0. The zero-order chi connectivity index (χ0) is 11.3. The Morgan fingerprint density at radius 3 is 3.00 bits per heavy atom. The SMILES string of the molecule is CC1(O)CCCN(C(=O)COCCN)C1. The molecule has 1 aliphatic rings. The molecule has 1 aliphatic heterocycles. The second kappa shape index (κ2) is 5.44. The number of hydrogen-bond acceptors (Lipinski definition) is 4. The lowest BCUT2D eigenvalue weighted by atomic mass is 9.95. The van der Waals surface area contributed by atoms with Crippen molar-refractivity contribution in [2.24, 2.45) is 5.73 Å². The first-order valence-electron chi connectivity index (χ1n) is 5.33. The minimum absolute atomic E-state index is 0.0628. The minimum atomic E-state index is -0.748. The Kier molecular flexibility index (Phi) is 4.50. The number of aliphatic hydroxyl groups is 1. The number of piperidine rings is 1. The number of carbonyl (C=O) groups excluding carboxylic acids is 1. The number of carbonyl (C=O) groups is 1. The van der Waals surface area contributed by atoms with Crippen molar-refractivity contribution in [1.29, 1.82) is 0 Å². The highest BCUT2D eigenvalue weighted by Gasteiger charge is 2.30. The molecule has 0 spiro atoms. The summed E-state index contributed by atoms with van der Waals surface area (Å²) in [6.45, 7) is 3.75. The minimum Gasteiger partial charge on any atom is -0.388 e. The topological polar surface area (TPSA) is 75.8 Å². The first-order valence-corrected chi connectivity index (χ1v) is 5.33. The molecule has 1 heterocycles. The molecular weight excluding hydrogens is 196 g/mol. The van der Waals surface area contributed by atoms with Crippen molar-refractivity contribution < 1.29 is 14.6 Å². The van der Waals surface area contributed by atoms with Gasteiger partial charge in [-0.05, 0) is 19.8 Å². The zero-order valence-electron chi connectivity index (χ0n) is 9.24. The number of hydrogen-bond donors (Lipinski definition) is 2. The van der Waals surface area contributed by atoms with Gasteiger partial charge in [0.1, 0.15) is 6.61 Å². The average Bonchev–Trinajstić information content (AvgIpc) is 2.16. The van der Waals surface area contributed by atoms with E-state index in [-0.39, 0.29) is 12.5 Å². The fourth-order valence-electron chi connectivity index (χ4n) is 1.77. The van der Waals surface area contributed by atoms with E-state index >= 15 is 0 Å². The van der Waals surface area contributed by atoms with Crippen LogP contribution in [0.4, 0.5) is 0 Å². The molecule has 88 valence electrons. The van der Waals surface area contributed by atoms with Crippen molar-refractivity contribution in [3.05, 3.63) is 0 Å². The van der Waals surface area contributed by atoms with Gasteiger partial charge in [0, 0.05) is 19.6 Å². The molecule has 1 amide bonds. The van der Waals surface area contributed by atoms with Gasteiger partial charge >= 0.3 is 0 Å². The van der Waals surface area contributed by atoms with Crippen molar-refractivity contribution in [2.45, 2.75) is 25.4 Å². The van der Waals surface area contributed by atoms with E-state index < -0.39 is 5.60 Å². The van der Waals surface area contributed by atoms with Gasteiger partial charge in [-0.2, -0.15) is 0 Å². The third-order valence-electron chi connectivity index (χ3n) is 2.52. The van der Waals surface area contributed by atoms with Crippen molar-refractivity contribution in [1.82, 2.24) is 4.90 Å². The van der Waals surface area contributed by atoms with Gasteiger partial charge in [-0.1, -0.05) is 0 Å². The Labute approximate surface area is 90.2 Å². The molecule has 1 rings (SSSR count). The fourth-order valence-corrected chi connectivity index (χ4v) is 1.77.